The minimum Gasteiger partial charge on any atom is -0.497 e. The molecule has 26 heavy (non-hydrogen) atoms. The zero-order valence-electron chi connectivity index (χ0n) is 15.8. The predicted octanol–water partition coefficient (Wildman–Crippen LogP) is 3.54. The van der Waals surface area contributed by atoms with Crippen molar-refractivity contribution in [1.29, 1.82) is 0 Å². The third kappa shape index (κ3) is 6.74. The Morgan fingerprint density at radius 3 is 2.50 bits per heavy atom. The van der Waals surface area contributed by atoms with Gasteiger partial charge in [0.15, 0.2) is 5.96 Å². The summed E-state index contributed by atoms with van der Waals surface area (Å²) in [5.41, 5.74) is 3.51. The third-order valence-electron chi connectivity index (χ3n) is 3.91. The minimum atomic E-state index is 0. The molecule has 2 N–H and O–H groups in total. The van der Waals surface area contributed by atoms with Gasteiger partial charge in [-0.15, -0.1) is 24.0 Å². The second kappa shape index (κ2) is 11.6. The summed E-state index contributed by atoms with van der Waals surface area (Å²) in [5, 5.41) is 6.67. The molecular formula is C20H28IN3O2. The summed E-state index contributed by atoms with van der Waals surface area (Å²) in [6, 6.07) is 14.2. The van der Waals surface area contributed by atoms with Crippen LogP contribution in [0.2, 0.25) is 0 Å². The Morgan fingerprint density at radius 1 is 1.04 bits per heavy atom. The van der Waals surface area contributed by atoms with Crippen molar-refractivity contribution in [3.63, 3.8) is 0 Å². The Morgan fingerprint density at radius 2 is 1.81 bits per heavy atom. The van der Waals surface area contributed by atoms with E-state index in [2.05, 4.69) is 34.7 Å². The average molecular weight is 469 g/mol. The number of nitrogens with one attached hydrogen (secondary N) is 2. The second-order valence-corrected chi connectivity index (χ2v) is 5.77. The van der Waals surface area contributed by atoms with Crippen LogP contribution in [-0.4, -0.2) is 33.8 Å². The van der Waals surface area contributed by atoms with Crippen LogP contribution in [0.5, 0.6) is 11.5 Å². The molecule has 0 saturated heterocycles. The maximum atomic E-state index is 5.38. The molecule has 142 valence electrons. The highest BCUT2D eigenvalue weighted by molar-refractivity contribution is 14.0. The molecule has 2 rings (SSSR count). The average Bonchev–Trinajstić information content (AvgIpc) is 2.64. The number of ether oxygens (including phenoxy) is 2. The van der Waals surface area contributed by atoms with Crippen LogP contribution in [0.1, 0.15) is 16.7 Å². The first-order valence-corrected chi connectivity index (χ1v) is 8.37. The van der Waals surface area contributed by atoms with Crippen LogP contribution < -0.4 is 20.1 Å². The van der Waals surface area contributed by atoms with Crippen LogP contribution in [0.25, 0.3) is 0 Å². The van der Waals surface area contributed by atoms with E-state index in [4.69, 9.17) is 9.47 Å². The lowest BCUT2D eigenvalue weighted by atomic mass is 10.1. The molecule has 0 atom stereocenters. The third-order valence-corrected chi connectivity index (χ3v) is 3.91. The normalized spacial score (nSPS) is 10.7. The summed E-state index contributed by atoms with van der Waals surface area (Å²) in [6.07, 6.45) is 0.864. The summed E-state index contributed by atoms with van der Waals surface area (Å²) >= 11 is 0. The Hall–Kier alpha value is -1.96. The molecule has 0 aliphatic carbocycles. The molecular weight excluding hydrogens is 441 g/mol. The van der Waals surface area contributed by atoms with Crippen LogP contribution in [-0.2, 0) is 13.0 Å². The van der Waals surface area contributed by atoms with Crippen molar-refractivity contribution in [3.8, 4) is 11.5 Å². The van der Waals surface area contributed by atoms with Crippen LogP contribution in [0.3, 0.4) is 0 Å². The maximum absolute atomic E-state index is 5.38. The van der Waals surface area contributed by atoms with Gasteiger partial charge in [-0.1, -0.05) is 24.3 Å². The molecule has 0 fully saturated rings. The topological polar surface area (TPSA) is 54.9 Å². The number of methoxy groups -OCH3 is 2. The standard InChI is InChI=1S/C20H27N3O2.HI/c1-15-11-16(13-18(12-15)24-3)14-23-20(21-2)22-10-9-17-7-5-6-8-19(17)25-4;/h5-8,11-13H,9-10,14H2,1-4H3,(H2,21,22,23);1H. The highest BCUT2D eigenvalue weighted by atomic mass is 127. The lowest BCUT2D eigenvalue weighted by molar-refractivity contribution is 0.409. The number of guanidine groups is 1. The molecule has 0 aliphatic rings. The monoisotopic (exact) mass is 469 g/mol. The number of nitrogens with zero attached hydrogens (tertiary/aromatic N) is 1. The van der Waals surface area contributed by atoms with Crippen molar-refractivity contribution in [1.82, 2.24) is 10.6 Å². The van der Waals surface area contributed by atoms with Gasteiger partial charge in [-0.25, -0.2) is 0 Å². The van der Waals surface area contributed by atoms with Gasteiger partial charge in [0.1, 0.15) is 11.5 Å². The Kier molecular flexibility index (Phi) is 9.87. The van der Waals surface area contributed by atoms with Gasteiger partial charge >= 0.3 is 0 Å². The van der Waals surface area contributed by atoms with Crippen molar-refractivity contribution in [2.45, 2.75) is 19.9 Å². The first-order chi connectivity index (χ1) is 12.2. The molecule has 5 nitrogen and oxygen atoms in total. The van der Waals surface area contributed by atoms with Crippen molar-refractivity contribution < 1.29 is 9.47 Å². The van der Waals surface area contributed by atoms with Gasteiger partial charge < -0.3 is 20.1 Å². The number of aryl methyl sites for hydroxylation is 1. The van der Waals surface area contributed by atoms with E-state index in [0.29, 0.717) is 6.54 Å². The molecule has 2 aromatic rings. The summed E-state index contributed by atoms with van der Waals surface area (Å²) in [4.78, 5) is 4.27. The van der Waals surface area contributed by atoms with Crippen LogP contribution >= 0.6 is 24.0 Å². The molecule has 0 spiro atoms. The molecule has 0 amide bonds. The van der Waals surface area contributed by atoms with Crippen LogP contribution in [0, 0.1) is 6.92 Å². The van der Waals surface area contributed by atoms with E-state index in [1.54, 1.807) is 21.3 Å². The van der Waals surface area contributed by atoms with E-state index >= 15 is 0 Å². The Bertz CT molecular complexity index is 720. The molecule has 0 radical (unpaired) electrons. The molecule has 0 aliphatic heterocycles. The van der Waals surface area contributed by atoms with E-state index in [9.17, 15) is 0 Å². The van der Waals surface area contributed by atoms with Crippen LogP contribution in [0.4, 0.5) is 0 Å². The molecule has 0 saturated carbocycles. The largest absolute Gasteiger partial charge is 0.497 e. The zero-order valence-corrected chi connectivity index (χ0v) is 18.2. The van der Waals surface area contributed by atoms with Gasteiger partial charge in [0.05, 0.1) is 14.2 Å². The number of rotatable bonds is 7. The van der Waals surface area contributed by atoms with E-state index in [1.807, 2.05) is 30.3 Å². The summed E-state index contributed by atoms with van der Waals surface area (Å²) in [6.45, 7) is 3.52. The van der Waals surface area contributed by atoms with Gasteiger partial charge in [0.2, 0.25) is 0 Å². The first kappa shape index (κ1) is 22.1. The van der Waals surface area contributed by atoms with E-state index < -0.39 is 0 Å². The predicted molar refractivity (Wildman–Crippen MR) is 118 cm³/mol. The van der Waals surface area contributed by atoms with Gasteiger partial charge in [-0.3, -0.25) is 4.99 Å². The van der Waals surface area contributed by atoms with Crippen molar-refractivity contribution >= 4 is 29.9 Å². The van der Waals surface area contributed by atoms with E-state index in [1.165, 1.54) is 11.1 Å². The van der Waals surface area contributed by atoms with Crippen LogP contribution in [0.15, 0.2) is 47.5 Å². The van der Waals surface area contributed by atoms with Gasteiger partial charge in [0.25, 0.3) is 0 Å². The number of hydrogen-bond donors (Lipinski definition) is 2. The van der Waals surface area contributed by atoms with E-state index in [0.717, 1.165) is 36.0 Å². The number of halogens is 1. The summed E-state index contributed by atoms with van der Waals surface area (Å²) in [7, 11) is 5.16. The smallest absolute Gasteiger partial charge is 0.191 e. The quantitative estimate of drug-likeness (QED) is 0.370. The highest BCUT2D eigenvalue weighted by Crippen LogP contribution is 2.17. The number of benzene rings is 2. The maximum Gasteiger partial charge on any atom is 0.191 e. The Balaban J connectivity index is 0.00000338. The lowest BCUT2D eigenvalue weighted by Crippen LogP contribution is -2.37. The molecule has 2 aromatic carbocycles. The SMILES string of the molecule is CN=C(NCCc1ccccc1OC)NCc1cc(C)cc(OC)c1.I. The van der Waals surface area contributed by atoms with E-state index in [-0.39, 0.29) is 24.0 Å². The zero-order chi connectivity index (χ0) is 18.1. The molecule has 0 aromatic heterocycles. The summed E-state index contributed by atoms with van der Waals surface area (Å²) in [5.74, 6) is 2.56. The number of hydrogen-bond acceptors (Lipinski definition) is 3. The number of aliphatic imine (C=N–C) groups is 1. The molecule has 0 bridgehead atoms. The molecule has 0 heterocycles. The highest BCUT2D eigenvalue weighted by Gasteiger charge is 2.04. The van der Waals surface area contributed by atoms with Gasteiger partial charge in [-0.05, 0) is 48.2 Å². The fourth-order valence-corrected chi connectivity index (χ4v) is 2.68. The first-order valence-electron chi connectivity index (χ1n) is 8.37. The Labute approximate surface area is 173 Å². The minimum absolute atomic E-state index is 0. The fourth-order valence-electron chi connectivity index (χ4n) is 2.68. The van der Waals surface area contributed by atoms with Crippen molar-refractivity contribution in [3.05, 3.63) is 59.2 Å². The van der Waals surface area contributed by atoms with Gasteiger partial charge in [0, 0.05) is 20.1 Å². The summed E-state index contributed by atoms with van der Waals surface area (Å²) < 4.78 is 10.7. The molecule has 0 unspecified atom stereocenters. The fraction of sp³-hybridized carbons (Fsp3) is 0.350. The van der Waals surface area contributed by atoms with Crippen molar-refractivity contribution in [2.24, 2.45) is 4.99 Å². The lowest BCUT2D eigenvalue weighted by Gasteiger charge is -2.14. The van der Waals surface area contributed by atoms with Gasteiger partial charge in [-0.2, -0.15) is 0 Å². The second-order valence-electron chi connectivity index (χ2n) is 5.77. The number of para-hydroxylation sites is 1. The van der Waals surface area contributed by atoms with Crippen molar-refractivity contribution in [2.75, 3.05) is 27.8 Å². The molecule has 6 heteroatoms.